The summed E-state index contributed by atoms with van der Waals surface area (Å²) in [6, 6.07) is 21.9. The summed E-state index contributed by atoms with van der Waals surface area (Å²) in [5, 5.41) is 0. The third-order valence-electron chi connectivity index (χ3n) is 6.86. The lowest BCUT2D eigenvalue weighted by Crippen LogP contribution is -2.33. The van der Waals surface area contributed by atoms with Crippen molar-refractivity contribution in [3.8, 4) is 0 Å². The third-order valence-corrected chi connectivity index (χ3v) is 6.86. The molecule has 3 aromatic carbocycles. The van der Waals surface area contributed by atoms with Gasteiger partial charge in [-0.2, -0.15) is 18.2 Å². The van der Waals surface area contributed by atoms with Gasteiger partial charge in [-0.3, -0.25) is 9.59 Å². The first kappa shape index (κ1) is 29.1. The lowest BCUT2D eigenvalue weighted by Gasteiger charge is -2.26. The molecule has 5 nitrogen and oxygen atoms in total. The number of nitrogens with zero attached hydrogens (tertiary/aromatic N) is 3. The Kier molecular flexibility index (Phi) is 7.67. The third kappa shape index (κ3) is 6.27. The highest BCUT2D eigenvalue weighted by molar-refractivity contribution is 5.97. The maximum Gasteiger partial charge on any atom is 0.473 e. The van der Waals surface area contributed by atoms with Crippen LogP contribution < -0.4 is 5.62 Å². The zero-order valence-corrected chi connectivity index (χ0v) is 23.6. The number of halogens is 3. The molecule has 1 heterocycles. The molecule has 210 valence electrons. The van der Waals surface area contributed by atoms with Crippen LogP contribution in [0.5, 0.6) is 0 Å². The highest BCUT2D eigenvalue weighted by Crippen LogP contribution is 2.31. The van der Waals surface area contributed by atoms with E-state index in [9.17, 15) is 22.8 Å². The molecule has 40 heavy (non-hydrogen) atoms. The number of ketones is 1. The van der Waals surface area contributed by atoms with Crippen molar-refractivity contribution in [1.82, 2.24) is 9.13 Å². The number of carbonyl (C=O) groups excluding carboxylic acids is 2. The lowest BCUT2D eigenvalue weighted by molar-refractivity contribution is -0.169. The van der Waals surface area contributed by atoms with Crippen molar-refractivity contribution in [2.45, 2.75) is 71.6 Å². The van der Waals surface area contributed by atoms with E-state index in [1.165, 1.54) is 4.57 Å². The van der Waals surface area contributed by atoms with Gasteiger partial charge in [-0.25, -0.2) is 0 Å². The highest BCUT2D eigenvalue weighted by atomic mass is 19.4. The van der Waals surface area contributed by atoms with E-state index in [0.717, 1.165) is 16.7 Å². The Morgan fingerprint density at radius 3 is 1.73 bits per heavy atom. The van der Waals surface area contributed by atoms with E-state index in [1.54, 1.807) is 28.8 Å². The van der Waals surface area contributed by atoms with Gasteiger partial charge in [0, 0.05) is 5.56 Å². The summed E-state index contributed by atoms with van der Waals surface area (Å²) in [5.41, 5.74) is 3.61. The van der Waals surface area contributed by atoms with Crippen LogP contribution in [0.4, 0.5) is 13.2 Å². The van der Waals surface area contributed by atoms with Crippen molar-refractivity contribution < 1.29 is 22.8 Å². The fraction of sp³-hybridized carbons (Fsp3) is 0.344. The number of carbonyl (C=O) groups is 2. The predicted octanol–water partition coefficient (Wildman–Crippen LogP) is 6.96. The highest BCUT2D eigenvalue weighted by Gasteiger charge is 2.39. The second kappa shape index (κ2) is 10.6. The van der Waals surface area contributed by atoms with Crippen molar-refractivity contribution in [1.29, 1.82) is 0 Å². The SMILES string of the molecule is CC(C)(C)c1cc(C(=O)Cn2c(=NC(=O)C(F)(F)F)n(Cc3ccccc3)c3ccccc32)cc(C(C)(C)C)c1. The molecule has 0 aliphatic rings. The fourth-order valence-corrected chi connectivity index (χ4v) is 4.52. The van der Waals surface area contributed by atoms with Gasteiger partial charge in [-0.05, 0) is 51.8 Å². The standard InChI is InChI=1S/C32H34F3N3O2/c1-30(2,3)23-16-22(17-24(18-23)31(4,5)6)27(39)20-38-26-15-11-10-14-25(26)37(19-21-12-8-7-9-13-21)29(38)36-28(40)32(33,34)35/h7-18H,19-20H2,1-6H3. The largest absolute Gasteiger partial charge is 0.473 e. The van der Waals surface area contributed by atoms with Crippen LogP contribution in [0.1, 0.15) is 68.6 Å². The Morgan fingerprint density at radius 1 is 0.725 bits per heavy atom. The topological polar surface area (TPSA) is 56.4 Å². The van der Waals surface area contributed by atoms with Crippen LogP contribution >= 0.6 is 0 Å². The normalized spacial score (nSPS) is 13.2. The number of amides is 1. The zero-order valence-electron chi connectivity index (χ0n) is 23.6. The van der Waals surface area contributed by atoms with Crippen molar-refractivity contribution >= 4 is 22.7 Å². The molecule has 0 fully saturated rings. The van der Waals surface area contributed by atoms with Crippen molar-refractivity contribution in [3.63, 3.8) is 0 Å². The number of benzene rings is 3. The predicted molar refractivity (Wildman–Crippen MR) is 150 cm³/mol. The molecule has 1 amide bonds. The molecular formula is C32H34F3N3O2. The van der Waals surface area contributed by atoms with Gasteiger partial charge in [-0.15, -0.1) is 0 Å². The number of para-hydroxylation sites is 2. The summed E-state index contributed by atoms with van der Waals surface area (Å²) in [7, 11) is 0. The molecule has 0 atom stereocenters. The minimum absolute atomic E-state index is 0.167. The van der Waals surface area contributed by atoms with Gasteiger partial charge in [0.05, 0.1) is 24.1 Å². The summed E-state index contributed by atoms with van der Waals surface area (Å²) < 4.78 is 43.1. The molecule has 0 unspecified atom stereocenters. The Labute approximate surface area is 232 Å². The quantitative estimate of drug-likeness (QED) is 0.253. The number of hydrogen-bond acceptors (Lipinski definition) is 2. The van der Waals surface area contributed by atoms with Crippen LogP contribution in [0.25, 0.3) is 11.0 Å². The van der Waals surface area contributed by atoms with Crippen LogP contribution in [0.2, 0.25) is 0 Å². The molecule has 8 heteroatoms. The van der Waals surface area contributed by atoms with E-state index in [2.05, 4.69) is 52.6 Å². The van der Waals surface area contributed by atoms with E-state index in [1.807, 2.05) is 42.5 Å². The van der Waals surface area contributed by atoms with Crippen LogP contribution in [-0.4, -0.2) is 27.0 Å². The molecule has 0 saturated carbocycles. The summed E-state index contributed by atoms with van der Waals surface area (Å²) in [5.74, 6) is -2.52. The average molecular weight is 550 g/mol. The van der Waals surface area contributed by atoms with E-state index >= 15 is 0 Å². The van der Waals surface area contributed by atoms with Gasteiger partial charge in [0.15, 0.2) is 5.78 Å². The van der Waals surface area contributed by atoms with Crippen molar-refractivity contribution in [2.75, 3.05) is 0 Å². The molecular weight excluding hydrogens is 515 g/mol. The van der Waals surface area contributed by atoms with Crippen LogP contribution in [0.15, 0.2) is 77.8 Å². The van der Waals surface area contributed by atoms with E-state index in [0.29, 0.717) is 16.6 Å². The van der Waals surface area contributed by atoms with Crippen molar-refractivity contribution in [3.05, 3.63) is 101 Å². The number of aromatic nitrogens is 2. The fourth-order valence-electron chi connectivity index (χ4n) is 4.52. The van der Waals surface area contributed by atoms with Gasteiger partial charge in [0.2, 0.25) is 5.62 Å². The second-order valence-electron chi connectivity index (χ2n) is 12.1. The number of Topliss-reactive ketones (excluding diaryl/α,β-unsaturated/α-hetero) is 1. The first-order valence-electron chi connectivity index (χ1n) is 13.1. The van der Waals surface area contributed by atoms with Crippen LogP contribution in [-0.2, 0) is 28.7 Å². The molecule has 0 aliphatic heterocycles. The van der Waals surface area contributed by atoms with Crippen LogP contribution in [0.3, 0.4) is 0 Å². The Morgan fingerprint density at radius 2 is 1.23 bits per heavy atom. The summed E-state index contributed by atoms with van der Waals surface area (Å²) in [6.45, 7) is 12.3. The molecule has 0 aliphatic carbocycles. The molecule has 0 spiro atoms. The monoisotopic (exact) mass is 549 g/mol. The van der Waals surface area contributed by atoms with E-state index in [4.69, 9.17) is 0 Å². The smallest absolute Gasteiger partial charge is 0.305 e. The Bertz CT molecular complexity index is 1600. The van der Waals surface area contributed by atoms with Crippen LogP contribution in [0, 0.1) is 0 Å². The first-order chi connectivity index (χ1) is 18.6. The molecule has 0 saturated heterocycles. The van der Waals surface area contributed by atoms with Gasteiger partial charge in [0.25, 0.3) is 0 Å². The molecule has 0 N–H and O–H groups in total. The number of rotatable bonds is 5. The lowest BCUT2D eigenvalue weighted by atomic mass is 9.79. The number of fused-ring (bicyclic) bond motifs is 1. The number of alkyl halides is 3. The minimum atomic E-state index is -5.15. The summed E-state index contributed by atoms with van der Waals surface area (Å²) in [4.78, 5) is 29.5. The average Bonchev–Trinajstić information content (AvgIpc) is 3.14. The summed E-state index contributed by atoms with van der Waals surface area (Å²) >= 11 is 0. The molecule has 1 aromatic heterocycles. The maximum absolute atomic E-state index is 13.8. The van der Waals surface area contributed by atoms with Gasteiger partial charge >= 0.3 is 12.1 Å². The zero-order chi connectivity index (χ0) is 29.5. The number of hydrogen-bond donors (Lipinski definition) is 0. The maximum atomic E-state index is 13.8. The number of imidazole rings is 1. The Balaban J connectivity index is 1.93. The molecule has 0 radical (unpaired) electrons. The van der Waals surface area contributed by atoms with E-state index in [-0.39, 0.29) is 35.3 Å². The Hall–Kier alpha value is -3.94. The van der Waals surface area contributed by atoms with Gasteiger partial charge in [-0.1, -0.05) is 90.1 Å². The summed E-state index contributed by atoms with van der Waals surface area (Å²) in [6.07, 6.45) is -5.15. The minimum Gasteiger partial charge on any atom is -0.305 e. The van der Waals surface area contributed by atoms with Gasteiger partial charge in [0.1, 0.15) is 0 Å². The second-order valence-corrected chi connectivity index (χ2v) is 12.1. The van der Waals surface area contributed by atoms with Crippen molar-refractivity contribution in [2.24, 2.45) is 4.99 Å². The molecule has 4 aromatic rings. The van der Waals surface area contributed by atoms with Gasteiger partial charge < -0.3 is 9.13 Å². The molecule has 4 rings (SSSR count). The molecule has 0 bridgehead atoms. The first-order valence-corrected chi connectivity index (χ1v) is 13.1. The van der Waals surface area contributed by atoms with E-state index < -0.39 is 12.1 Å².